The summed E-state index contributed by atoms with van der Waals surface area (Å²) in [6, 6.07) is 0. The van der Waals surface area contributed by atoms with Crippen LogP contribution in [0.4, 0.5) is 0 Å². The molecule has 7 fully saturated rings. The van der Waals surface area contributed by atoms with Crippen LogP contribution in [0.25, 0.3) is 0 Å². The number of aliphatic hydroxyl groups excluding tert-OH is 11. The van der Waals surface area contributed by atoms with Gasteiger partial charge >= 0.3 is 0 Å². The van der Waals surface area contributed by atoms with Crippen molar-refractivity contribution in [2.75, 3.05) is 19.8 Å². The van der Waals surface area contributed by atoms with Gasteiger partial charge in [0.25, 0.3) is 0 Å². The maximum absolute atomic E-state index is 12.7. The molecule has 3 aliphatic heterocycles. The molecule has 11 N–H and O–H groups in total. The molecule has 0 bridgehead atoms. The van der Waals surface area contributed by atoms with Gasteiger partial charge in [0.1, 0.15) is 67.1 Å². The van der Waals surface area contributed by atoms with Crippen molar-refractivity contribution in [3.8, 4) is 0 Å². The van der Waals surface area contributed by atoms with E-state index in [1.807, 2.05) is 20.8 Å². The number of rotatable bonds is 13. The third kappa shape index (κ3) is 8.49. The summed E-state index contributed by atoms with van der Waals surface area (Å²) >= 11 is 0. The largest absolute Gasteiger partial charge is 0.394 e. The van der Waals surface area contributed by atoms with Gasteiger partial charge in [0.05, 0.1) is 37.6 Å². The van der Waals surface area contributed by atoms with E-state index in [2.05, 4.69) is 40.7 Å². The zero-order chi connectivity index (χ0) is 47.1. The molecule has 4 saturated carbocycles. The van der Waals surface area contributed by atoms with Crippen LogP contribution in [0.5, 0.6) is 0 Å². The summed E-state index contributed by atoms with van der Waals surface area (Å²) in [5, 5.41) is 118. The molecule has 17 heteroatoms. The lowest BCUT2D eigenvalue weighted by atomic mass is 9.35. The minimum atomic E-state index is -1.67. The van der Waals surface area contributed by atoms with Crippen LogP contribution in [0.3, 0.4) is 0 Å². The highest BCUT2D eigenvalue weighted by Crippen LogP contribution is 2.76. The Morgan fingerprint density at radius 3 is 1.81 bits per heavy atom. The quantitative estimate of drug-likeness (QED) is 0.0892. The molecule has 3 saturated heterocycles. The van der Waals surface area contributed by atoms with Gasteiger partial charge in [0.2, 0.25) is 0 Å². The Morgan fingerprint density at radius 2 is 1.19 bits per heavy atom. The first-order valence-electron chi connectivity index (χ1n) is 23.8. The molecule has 3 heterocycles. The first kappa shape index (κ1) is 50.9. The number of fused-ring (bicyclic) bond motifs is 5. The Labute approximate surface area is 377 Å². The molecule has 7 rings (SSSR count). The lowest BCUT2D eigenvalue weighted by Gasteiger charge is -2.71. The van der Waals surface area contributed by atoms with E-state index in [4.69, 9.17) is 28.4 Å². The van der Waals surface area contributed by atoms with Gasteiger partial charge in [-0.25, -0.2) is 0 Å². The van der Waals surface area contributed by atoms with Crippen molar-refractivity contribution in [1.82, 2.24) is 0 Å². The Hall–Kier alpha value is -0.940. The standard InChI is InChI=1S/C47H80O17/c1-22(2)10-9-14-47(8,64-42-39(58)36(55)34(53)27(62-42)21-59-40-37(56)33(52)26(20-49)60-40)23-11-16-46(7)31(23)24(50)18-29-44(5)15-13-30(43(3,4)28(44)12-17-45(29,46)6)63-41-38(57)35(54)32(51)25(19-48)61-41/h10,23-42,48-58H,9,11-21H2,1-8H3/t23-,24+,25+,26+,27-,28-,29+,30-,31-,32+,33+,34-,35-,36+,37-,38+,39-,40-,41-,42+,44-,45+,46+,47-/m0/s1. The Bertz CT molecular complexity index is 1630. The monoisotopic (exact) mass is 917 g/mol. The van der Waals surface area contributed by atoms with Gasteiger partial charge in [-0.05, 0) is 124 Å². The van der Waals surface area contributed by atoms with E-state index < -0.39 is 123 Å². The van der Waals surface area contributed by atoms with Crippen LogP contribution in [0.1, 0.15) is 113 Å². The average Bonchev–Trinajstić information content (AvgIpc) is 3.76. The SMILES string of the molecule is CC(C)=CCC[C@](C)(O[C@H]1O[C@@H](CO[C@H]2O[C@H](CO)[C@@H](O)[C@@H]2O)[C@H](O)[C@@H](O)[C@@H]1O)[C@H]1CC[C@]2(C)[C@@H]1[C@H](O)C[C@@H]1[C@@]3(C)CC[C@H](O[C@@H]4O[C@H](CO)[C@@H](O)[C@H](O)[C@H]4O)C(C)(C)[C@@H]3CC[C@]12C. The molecule has 370 valence electrons. The Morgan fingerprint density at radius 1 is 0.641 bits per heavy atom. The van der Waals surface area contributed by atoms with Gasteiger partial charge in [0, 0.05) is 0 Å². The number of hydrogen-bond acceptors (Lipinski definition) is 17. The van der Waals surface area contributed by atoms with E-state index in [0.717, 1.165) is 37.7 Å². The van der Waals surface area contributed by atoms with Crippen molar-refractivity contribution in [1.29, 1.82) is 0 Å². The van der Waals surface area contributed by atoms with E-state index in [-0.39, 0.29) is 46.0 Å². The topological polar surface area (TPSA) is 278 Å². The summed E-state index contributed by atoms with van der Waals surface area (Å²) in [7, 11) is 0. The number of ether oxygens (including phenoxy) is 6. The van der Waals surface area contributed by atoms with Gasteiger partial charge in [-0.3, -0.25) is 0 Å². The first-order chi connectivity index (χ1) is 29.9. The minimum Gasteiger partial charge on any atom is -0.394 e. The van der Waals surface area contributed by atoms with Crippen molar-refractivity contribution in [2.45, 2.75) is 217 Å². The molecule has 64 heavy (non-hydrogen) atoms. The molecular formula is C47H80O17. The summed E-state index contributed by atoms with van der Waals surface area (Å²) in [4.78, 5) is 0. The van der Waals surface area contributed by atoms with Crippen LogP contribution < -0.4 is 0 Å². The van der Waals surface area contributed by atoms with E-state index in [0.29, 0.717) is 25.7 Å². The highest BCUT2D eigenvalue weighted by molar-refractivity contribution is 5.20. The molecule has 0 spiro atoms. The molecular weight excluding hydrogens is 836 g/mol. The predicted molar refractivity (Wildman–Crippen MR) is 228 cm³/mol. The fourth-order valence-electron chi connectivity index (χ4n) is 14.6. The van der Waals surface area contributed by atoms with Crippen LogP contribution >= 0.6 is 0 Å². The third-order valence-electron chi connectivity index (χ3n) is 18.4. The van der Waals surface area contributed by atoms with Gasteiger partial charge in [0.15, 0.2) is 18.9 Å². The smallest absolute Gasteiger partial charge is 0.187 e. The van der Waals surface area contributed by atoms with Gasteiger partial charge in [-0.15, -0.1) is 0 Å². The van der Waals surface area contributed by atoms with Crippen molar-refractivity contribution < 1.29 is 84.6 Å². The highest BCUT2D eigenvalue weighted by Gasteiger charge is 2.72. The fourth-order valence-corrected chi connectivity index (χ4v) is 14.6. The summed E-state index contributed by atoms with van der Waals surface area (Å²) in [5.74, 6) is -0.0472. The fraction of sp³-hybridized carbons (Fsp3) is 0.957. The second-order valence-corrected chi connectivity index (χ2v) is 22.4. The second-order valence-electron chi connectivity index (χ2n) is 22.4. The van der Waals surface area contributed by atoms with E-state index >= 15 is 0 Å². The van der Waals surface area contributed by atoms with Crippen molar-refractivity contribution in [3.05, 3.63) is 11.6 Å². The first-order valence-corrected chi connectivity index (χ1v) is 23.8. The molecule has 0 amide bonds. The highest BCUT2D eigenvalue weighted by atomic mass is 16.7. The van der Waals surface area contributed by atoms with E-state index in [1.165, 1.54) is 0 Å². The van der Waals surface area contributed by atoms with Crippen molar-refractivity contribution >= 4 is 0 Å². The lowest BCUT2D eigenvalue weighted by Crippen LogP contribution is -2.67. The normalized spacial score (nSPS) is 52.3. The maximum Gasteiger partial charge on any atom is 0.187 e. The van der Waals surface area contributed by atoms with Gasteiger partial charge in [-0.1, -0.05) is 46.3 Å². The van der Waals surface area contributed by atoms with Crippen LogP contribution in [-0.4, -0.2) is 180 Å². The number of hydrogen-bond donors (Lipinski definition) is 11. The molecule has 0 aromatic rings. The molecule has 4 aliphatic carbocycles. The Kier molecular flexibility index (Phi) is 14.9. The molecule has 24 atom stereocenters. The maximum atomic E-state index is 12.7. The summed E-state index contributed by atoms with van der Waals surface area (Å²) in [6.07, 6.45) is -11.9. The van der Waals surface area contributed by atoms with E-state index in [1.54, 1.807) is 0 Å². The zero-order valence-electron chi connectivity index (χ0n) is 39.0. The predicted octanol–water partition coefficient (Wildman–Crippen LogP) is 0.612. The summed E-state index contributed by atoms with van der Waals surface area (Å²) < 4.78 is 36.6. The third-order valence-corrected chi connectivity index (χ3v) is 18.4. The molecule has 0 aromatic heterocycles. The molecule has 0 radical (unpaired) electrons. The Balaban J connectivity index is 1.11. The second kappa shape index (κ2) is 18.8. The van der Waals surface area contributed by atoms with Crippen molar-refractivity contribution in [2.24, 2.45) is 45.3 Å². The number of allylic oxidation sites excluding steroid dienone is 2. The lowest BCUT2D eigenvalue weighted by molar-refractivity contribution is -0.342. The van der Waals surface area contributed by atoms with Gasteiger partial charge < -0.3 is 84.6 Å². The zero-order valence-corrected chi connectivity index (χ0v) is 39.0. The van der Waals surface area contributed by atoms with Crippen molar-refractivity contribution in [3.63, 3.8) is 0 Å². The van der Waals surface area contributed by atoms with Crippen LogP contribution in [-0.2, 0) is 28.4 Å². The average molecular weight is 917 g/mol. The molecule has 0 unspecified atom stereocenters. The number of aliphatic hydroxyl groups is 11. The van der Waals surface area contributed by atoms with Crippen LogP contribution in [0.15, 0.2) is 11.6 Å². The van der Waals surface area contributed by atoms with Crippen LogP contribution in [0.2, 0.25) is 0 Å². The molecule has 17 nitrogen and oxygen atoms in total. The van der Waals surface area contributed by atoms with E-state index in [9.17, 15) is 56.2 Å². The van der Waals surface area contributed by atoms with Gasteiger partial charge in [-0.2, -0.15) is 0 Å². The molecule has 0 aromatic carbocycles. The minimum absolute atomic E-state index is 0.149. The molecule has 7 aliphatic rings. The van der Waals surface area contributed by atoms with Crippen LogP contribution in [0, 0.1) is 45.3 Å². The summed E-state index contributed by atoms with van der Waals surface area (Å²) in [5.41, 5.74) is -0.947. The summed E-state index contributed by atoms with van der Waals surface area (Å²) in [6.45, 7) is 16.1.